The van der Waals surface area contributed by atoms with E-state index in [1.165, 1.54) is 23.3 Å². The van der Waals surface area contributed by atoms with Gasteiger partial charge in [-0.25, -0.2) is 0 Å². The van der Waals surface area contributed by atoms with E-state index >= 15 is 0 Å². The summed E-state index contributed by atoms with van der Waals surface area (Å²) in [5, 5.41) is 4.46. The first-order chi connectivity index (χ1) is 8.38. The molecule has 1 aromatic rings. The number of halogens is 3. The van der Waals surface area contributed by atoms with Gasteiger partial charge in [-0.2, -0.15) is 13.2 Å². The minimum Gasteiger partial charge on any atom is -0.351 e. The van der Waals surface area contributed by atoms with Gasteiger partial charge in [-0.1, -0.05) is 6.07 Å². The van der Waals surface area contributed by atoms with Crippen LogP contribution in [0.4, 0.5) is 13.2 Å². The smallest absolute Gasteiger partial charge is 0.351 e. The fourth-order valence-corrected chi connectivity index (χ4v) is 2.07. The van der Waals surface area contributed by atoms with Gasteiger partial charge in [-0.05, 0) is 31.5 Å². The predicted octanol–water partition coefficient (Wildman–Crippen LogP) is 2.36. The first-order valence-electron chi connectivity index (χ1n) is 5.45. The molecule has 0 atom stereocenters. The molecule has 0 radical (unpaired) electrons. The van der Waals surface area contributed by atoms with Crippen molar-refractivity contribution in [1.82, 2.24) is 10.2 Å². The maximum absolute atomic E-state index is 12.0. The topological polar surface area (TPSA) is 32.3 Å². The van der Waals surface area contributed by atoms with Crippen LogP contribution in [-0.4, -0.2) is 43.7 Å². The lowest BCUT2D eigenvalue weighted by molar-refractivity contribution is -0.143. The Labute approximate surface area is 108 Å². The third kappa shape index (κ3) is 6.02. The molecular formula is C11H15F3N2OS. The summed E-state index contributed by atoms with van der Waals surface area (Å²) in [6.45, 7) is -0.255. The van der Waals surface area contributed by atoms with Crippen LogP contribution in [0.25, 0.3) is 0 Å². The van der Waals surface area contributed by atoms with Crippen LogP contribution in [0.1, 0.15) is 16.1 Å². The summed E-state index contributed by atoms with van der Waals surface area (Å²) in [5.41, 5.74) is 0. The third-order valence-corrected chi connectivity index (χ3v) is 3.06. The van der Waals surface area contributed by atoms with Gasteiger partial charge in [0.2, 0.25) is 0 Å². The molecule has 1 rings (SSSR count). The molecule has 0 saturated heterocycles. The Balaban J connectivity index is 2.14. The average Bonchev–Trinajstić information content (AvgIpc) is 2.74. The van der Waals surface area contributed by atoms with Gasteiger partial charge < -0.3 is 5.32 Å². The Morgan fingerprint density at radius 3 is 2.78 bits per heavy atom. The molecule has 0 aliphatic carbocycles. The van der Waals surface area contributed by atoms with Gasteiger partial charge in [0.15, 0.2) is 0 Å². The van der Waals surface area contributed by atoms with E-state index in [0.29, 0.717) is 24.4 Å². The SMILES string of the molecule is CN(CCCNC(=O)c1cccs1)CC(F)(F)F. The van der Waals surface area contributed by atoms with Crippen LogP contribution in [0.2, 0.25) is 0 Å². The summed E-state index contributed by atoms with van der Waals surface area (Å²) in [4.78, 5) is 13.3. The van der Waals surface area contributed by atoms with Crippen LogP contribution in [0, 0.1) is 0 Å². The van der Waals surface area contributed by atoms with Crippen molar-refractivity contribution in [3.8, 4) is 0 Å². The summed E-state index contributed by atoms with van der Waals surface area (Å²) < 4.78 is 36.1. The Morgan fingerprint density at radius 2 is 2.22 bits per heavy atom. The van der Waals surface area contributed by atoms with Crippen LogP contribution < -0.4 is 5.32 Å². The highest BCUT2D eigenvalue weighted by Crippen LogP contribution is 2.15. The lowest BCUT2D eigenvalue weighted by Gasteiger charge is -2.18. The number of nitrogens with one attached hydrogen (secondary N) is 1. The fourth-order valence-electron chi connectivity index (χ4n) is 1.43. The van der Waals surface area contributed by atoms with Crippen molar-refractivity contribution >= 4 is 17.2 Å². The largest absolute Gasteiger partial charge is 0.401 e. The van der Waals surface area contributed by atoms with E-state index in [1.54, 1.807) is 17.5 Å². The Kier molecular flexibility index (Phi) is 5.61. The van der Waals surface area contributed by atoms with Gasteiger partial charge in [-0.15, -0.1) is 11.3 Å². The number of rotatable bonds is 6. The van der Waals surface area contributed by atoms with E-state index in [1.807, 2.05) is 0 Å². The molecule has 0 bridgehead atoms. The van der Waals surface area contributed by atoms with E-state index in [9.17, 15) is 18.0 Å². The zero-order valence-electron chi connectivity index (χ0n) is 9.96. The Morgan fingerprint density at radius 1 is 1.50 bits per heavy atom. The van der Waals surface area contributed by atoms with Crippen molar-refractivity contribution < 1.29 is 18.0 Å². The predicted molar refractivity (Wildman–Crippen MR) is 64.8 cm³/mol. The second-order valence-electron chi connectivity index (χ2n) is 3.94. The minimum absolute atomic E-state index is 0.177. The summed E-state index contributed by atoms with van der Waals surface area (Å²) in [6.07, 6.45) is -3.68. The summed E-state index contributed by atoms with van der Waals surface area (Å²) in [6, 6.07) is 3.48. The number of hydrogen-bond acceptors (Lipinski definition) is 3. The highest BCUT2D eigenvalue weighted by molar-refractivity contribution is 7.12. The number of thiophene rings is 1. The molecular weight excluding hydrogens is 265 g/mol. The van der Waals surface area contributed by atoms with E-state index in [4.69, 9.17) is 0 Å². The maximum atomic E-state index is 12.0. The number of amides is 1. The maximum Gasteiger partial charge on any atom is 0.401 e. The molecule has 0 fully saturated rings. The van der Waals surface area contributed by atoms with Crippen LogP contribution in [0.15, 0.2) is 17.5 Å². The first-order valence-corrected chi connectivity index (χ1v) is 6.33. The molecule has 18 heavy (non-hydrogen) atoms. The van der Waals surface area contributed by atoms with E-state index in [0.717, 1.165) is 0 Å². The van der Waals surface area contributed by atoms with Gasteiger partial charge in [0.05, 0.1) is 11.4 Å². The summed E-state index contributed by atoms with van der Waals surface area (Å²) in [5.74, 6) is -0.177. The fraction of sp³-hybridized carbons (Fsp3) is 0.545. The van der Waals surface area contributed by atoms with Crippen molar-refractivity contribution in [2.24, 2.45) is 0 Å². The van der Waals surface area contributed by atoms with Crippen LogP contribution >= 0.6 is 11.3 Å². The molecule has 1 amide bonds. The minimum atomic E-state index is -4.17. The average molecular weight is 280 g/mol. The molecule has 3 nitrogen and oxygen atoms in total. The number of carbonyl (C=O) groups excluding carboxylic acids is 1. The van der Waals surface area contributed by atoms with Gasteiger partial charge in [-0.3, -0.25) is 9.69 Å². The lowest BCUT2D eigenvalue weighted by Crippen LogP contribution is -2.33. The summed E-state index contributed by atoms with van der Waals surface area (Å²) in [7, 11) is 1.41. The molecule has 0 aliphatic heterocycles. The Hall–Kier alpha value is -1.08. The van der Waals surface area contributed by atoms with E-state index < -0.39 is 12.7 Å². The molecule has 0 saturated carbocycles. The highest BCUT2D eigenvalue weighted by atomic mass is 32.1. The second kappa shape index (κ2) is 6.75. The Bertz CT molecular complexity index is 365. The molecule has 0 spiro atoms. The van der Waals surface area contributed by atoms with Crippen LogP contribution in [0.3, 0.4) is 0 Å². The van der Waals surface area contributed by atoms with E-state index in [2.05, 4.69) is 5.32 Å². The molecule has 0 unspecified atom stereocenters. The van der Waals surface area contributed by atoms with Gasteiger partial charge in [0.1, 0.15) is 0 Å². The van der Waals surface area contributed by atoms with E-state index in [-0.39, 0.29) is 5.91 Å². The van der Waals surface area contributed by atoms with Crippen molar-refractivity contribution in [1.29, 1.82) is 0 Å². The van der Waals surface area contributed by atoms with Crippen molar-refractivity contribution in [2.45, 2.75) is 12.6 Å². The number of nitrogens with zero attached hydrogens (tertiary/aromatic N) is 1. The van der Waals surface area contributed by atoms with Gasteiger partial charge in [0, 0.05) is 6.54 Å². The normalized spacial score (nSPS) is 11.8. The number of hydrogen-bond donors (Lipinski definition) is 1. The van der Waals surface area contributed by atoms with Crippen LogP contribution in [-0.2, 0) is 0 Å². The van der Waals surface area contributed by atoms with Crippen LogP contribution in [0.5, 0.6) is 0 Å². The van der Waals surface area contributed by atoms with Crippen molar-refractivity contribution in [3.63, 3.8) is 0 Å². The zero-order valence-corrected chi connectivity index (χ0v) is 10.8. The second-order valence-corrected chi connectivity index (χ2v) is 4.89. The van der Waals surface area contributed by atoms with Crippen molar-refractivity contribution in [3.05, 3.63) is 22.4 Å². The molecule has 7 heteroatoms. The van der Waals surface area contributed by atoms with Crippen molar-refractivity contribution in [2.75, 3.05) is 26.7 Å². The number of alkyl halides is 3. The number of carbonyl (C=O) groups is 1. The summed E-state index contributed by atoms with van der Waals surface area (Å²) >= 11 is 1.33. The first kappa shape index (κ1) is 15.0. The molecule has 0 aromatic carbocycles. The highest BCUT2D eigenvalue weighted by Gasteiger charge is 2.28. The molecule has 1 heterocycles. The standard InChI is InChI=1S/C11H15F3N2OS/c1-16(8-11(12,13)14)6-3-5-15-10(17)9-4-2-7-18-9/h2,4,7H,3,5-6,8H2,1H3,(H,15,17). The quantitative estimate of drug-likeness (QED) is 0.811. The zero-order chi connectivity index (χ0) is 13.6. The molecule has 0 aliphatic rings. The molecule has 1 aromatic heterocycles. The monoisotopic (exact) mass is 280 g/mol. The molecule has 102 valence electrons. The lowest BCUT2D eigenvalue weighted by atomic mass is 10.3. The van der Waals surface area contributed by atoms with Gasteiger partial charge >= 0.3 is 6.18 Å². The molecule has 1 N–H and O–H groups in total. The van der Waals surface area contributed by atoms with Gasteiger partial charge in [0.25, 0.3) is 5.91 Å². The third-order valence-electron chi connectivity index (χ3n) is 2.20.